The highest BCUT2D eigenvalue weighted by atomic mass is 32.1. The molecule has 5 heteroatoms. The third-order valence-corrected chi connectivity index (χ3v) is 3.50. The highest BCUT2D eigenvalue weighted by Gasteiger charge is 2.28. The molecule has 0 amide bonds. The van der Waals surface area contributed by atoms with Crippen LogP contribution >= 0.6 is 11.5 Å². The van der Waals surface area contributed by atoms with Crippen molar-refractivity contribution in [2.24, 2.45) is 0 Å². The molecule has 1 heterocycles. The average Bonchev–Trinajstić information content (AvgIpc) is 2.98. The molecular weight excluding hydrogens is 212 g/mol. The second-order valence-corrected chi connectivity index (χ2v) is 4.58. The Morgan fingerprint density at radius 1 is 1.47 bits per heavy atom. The molecule has 2 aromatic rings. The fourth-order valence-electron chi connectivity index (χ4n) is 1.71. The zero-order valence-corrected chi connectivity index (χ0v) is 8.66. The number of nitrogens with zero attached hydrogens (tertiary/aromatic N) is 2. The normalized spacial score (nSPS) is 15.7. The van der Waals surface area contributed by atoms with E-state index in [1.807, 2.05) is 0 Å². The third-order valence-electron chi connectivity index (χ3n) is 2.66. The number of nitro benzene ring substituents is 1. The lowest BCUT2D eigenvalue weighted by molar-refractivity contribution is -0.384. The van der Waals surface area contributed by atoms with Gasteiger partial charge in [0.15, 0.2) is 0 Å². The van der Waals surface area contributed by atoms with Crippen molar-refractivity contribution in [2.75, 3.05) is 0 Å². The van der Waals surface area contributed by atoms with E-state index in [0.29, 0.717) is 5.92 Å². The van der Waals surface area contributed by atoms with Crippen molar-refractivity contribution in [3.8, 4) is 0 Å². The Hall–Kier alpha value is -1.49. The van der Waals surface area contributed by atoms with Crippen molar-refractivity contribution in [2.45, 2.75) is 18.8 Å². The van der Waals surface area contributed by atoms with E-state index in [1.165, 1.54) is 30.4 Å². The summed E-state index contributed by atoms with van der Waals surface area (Å²) in [4.78, 5) is 10.3. The summed E-state index contributed by atoms with van der Waals surface area (Å²) in [7, 11) is 0. The minimum atomic E-state index is -0.353. The van der Waals surface area contributed by atoms with E-state index in [1.54, 1.807) is 12.1 Å². The number of benzene rings is 1. The summed E-state index contributed by atoms with van der Waals surface area (Å²) >= 11 is 1.43. The number of hydrogen-bond donors (Lipinski definition) is 0. The molecule has 0 saturated heterocycles. The number of hydrogen-bond acceptors (Lipinski definition) is 4. The van der Waals surface area contributed by atoms with Gasteiger partial charge in [-0.2, -0.15) is 4.37 Å². The van der Waals surface area contributed by atoms with E-state index in [4.69, 9.17) is 0 Å². The SMILES string of the molecule is O=[N+]([O-])c1ccc2snc(C3CC3)c2c1. The van der Waals surface area contributed by atoms with E-state index in [9.17, 15) is 10.1 Å². The van der Waals surface area contributed by atoms with Crippen molar-refractivity contribution in [1.82, 2.24) is 4.37 Å². The monoisotopic (exact) mass is 220 g/mol. The van der Waals surface area contributed by atoms with Crippen molar-refractivity contribution in [1.29, 1.82) is 0 Å². The second kappa shape index (κ2) is 3.00. The molecule has 1 aliphatic rings. The van der Waals surface area contributed by atoms with Crippen LogP contribution in [-0.4, -0.2) is 9.30 Å². The number of aromatic nitrogens is 1. The molecule has 15 heavy (non-hydrogen) atoms. The maximum Gasteiger partial charge on any atom is 0.270 e. The second-order valence-electron chi connectivity index (χ2n) is 3.78. The molecule has 1 aliphatic carbocycles. The summed E-state index contributed by atoms with van der Waals surface area (Å²) < 4.78 is 5.42. The summed E-state index contributed by atoms with van der Waals surface area (Å²) in [6, 6.07) is 4.97. The Morgan fingerprint density at radius 2 is 2.27 bits per heavy atom. The zero-order valence-electron chi connectivity index (χ0n) is 7.84. The molecular formula is C10H8N2O2S. The van der Waals surface area contributed by atoms with Crippen molar-refractivity contribution in [3.05, 3.63) is 34.0 Å². The number of fused-ring (bicyclic) bond motifs is 1. The third kappa shape index (κ3) is 1.39. The number of nitro groups is 1. The maximum absolute atomic E-state index is 10.7. The molecule has 1 fully saturated rings. The summed E-state index contributed by atoms with van der Waals surface area (Å²) in [6.07, 6.45) is 2.34. The van der Waals surface area contributed by atoms with Crippen LogP contribution in [0.1, 0.15) is 24.5 Å². The van der Waals surface area contributed by atoms with Crippen LogP contribution in [0.2, 0.25) is 0 Å². The molecule has 76 valence electrons. The smallest absolute Gasteiger partial charge is 0.258 e. The lowest BCUT2D eigenvalue weighted by Gasteiger charge is -1.93. The summed E-state index contributed by atoms with van der Waals surface area (Å²) in [6.45, 7) is 0. The topological polar surface area (TPSA) is 56.0 Å². The van der Waals surface area contributed by atoms with E-state index in [-0.39, 0.29) is 10.6 Å². The van der Waals surface area contributed by atoms with Gasteiger partial charge in [-0.3, -0.25) is 10.1 Å². The fourth-order valence-corrected chi connectivity index (χ4v) is 2.54. The Labute approximate surface area is 89.9 Å². The molecule has 0 radical (unpaired) electrons. The van der Waals surface area contributed by atoms with Crippen LogP contribution in [0, 0.1) is 10.1 Å². The highest BCUT2D eigenvalue weighted by Crippen LogP contribution is 2.44. The van der Waals surface area contributed by atoms with E-state index in [0.717, 1.165) is 15.8 Å². The molecule has 1 saturated carbocycles. The molecule has 0 atom stereocenters. The first-order chi connectivity index (χ1) is 7.25. The van der Waals surface area contributed by atoms with Gasteiger partial charge >= 0.3 is 0 Å². The summed E-state index contributed by atoms with van der Waals surface area (Å²) in [5.41, 5.74) is 1.21. The van der Waals surface area contributed by atoms with Crippen molar-refractivity contribution in [3.63, 3.8) is 0 Å². The molecule has 1 aromatic heterocycles. The van der Waals surface area contributed by atoms with Gasteiger partial charge in [0, 0.05) is 23.4 Å². The number of non-ortho nitro benzene ring substituents is 1. The van der Waals surface area contributed by atoms with Crippen LogP contribution in [0.15, 0.2) is 18.2 Å². The molecule has 0 unspecified atom stereocenters. The van der Waals surface area contributed by atoms with Gasteiger partial charge in [-0.1, -0.05) is 0 Å². The molecule has 0 N–H and O–H groups in total. The van der Waals surface area contributed by atoms with Gasteiger partial charge in [-0.05, 0) is 30.4 Å². The van der Waals surface area contributed by atoms with E-state index >= 15 is 0 Å². The largest absolute Gasteiger partial charge is 0.270 e. The van der Waals surface area contributed by atoms with Gasteiger partial charge in [0.2, 0.25) is 0 Å². The van der Waals surface area contributed by atoms with Gasteiger partial charge in [0.25, 0.3) is 5.69 Å². The Morgan fingerprint density at radius 3 is 2.93 bits per heavy atom. The van der Waals surface area contributed by atoms with Crippen molar-refractivity contribution < 1.29 is 4.92 Å². The van der Waals surface area contributed by atoms with E-state index in [2.05, 4.69) is 4.37 Å². The first-order valence-corrected chi connectivity index (χ1v) is 5.57. The van der Waals surface area contributed by atoms with Gasteiger partial charge in [0.1, 0.15) is 0 Å². The van der Waals surface area contributed by atoms with Crippen LogP contribution in [-0.2, 0) is 0 Å². The van der Waals surface area contributed by atoms with Gasteiger partial charge in [0.05, 0.1) is 15.3 Å². The average molecular weight is 220 g/mol. The standard InChI is InChI=1S/C10H8N2O2S/c13-12(14)7-3-4-9-8(5-7)10(11-15-9)6-1-2-6/h3-6H,1-2H2. The summed E-state index contributed by atoms with van der Waals surface area (Å²) in [5, 5.41) is 11.6. The molecule has 4 nitrogen and oxygen atoms in total. The fraction of sp³-hybridized carbons (Fsp3) is 0.300. The Bertz CT molecular complexity index is 545. The predicted octanol–water partition coefficient (Wildman–Crippen LogP) is 3.08. The summed E-state index contributed by atoms with van der Waals surface area (Å²) in [5.74, 6) is 0.542. The Balaban J connectivity index is 2.21. The lowest BCUT2D eigenvalue weighted by atomic mass is 10.1. The van der Waals surface area contributed by atoms with Gasteiger partial charge in [-0.15, -0.1) is 0 Å². The van der Waals surface area contributed by atoms with Crippen molar-refractivity contribution >= 4 is 27.3 Å². The molecule has 0 bridgehead atoms. The van der Waals surface area contributed by atoms with E-state index < -0.39 is 0 Å². The van der Waals surface area contributed by atoms with Gasteiger partial charge < -0.3 is 0 Å². The van der Waals surface area contributed by atoms with Crippen LogP contribution < -0.4 is 0 Å². The van der Waals surface area contributed by atoms with Crippen LogP contribution in [0.5, 0.6) is 0 Å². The molecule has 3 rings (SSSR count). The lowest BCUT2D eigenvalue weighted by Crippen LogP contribution is -1.87. The minimum Gasteiger partial charge on any atom is -0.258 e. The molecule has 0 spiro atoms. The van der Waals surface area contributed by atoms with Crippen LogP contribution in [0.25, 0.3) is 10.1 Å². The van der Waals surface area contributed by atoms with Gasteiger partial charge in [-0.25, -0.2) is 0 Å². The first kappa shape index (κ1) is 8.79. The molecule has 1 aromatic carbocycles. The van der Waals surface area contributed by atoms with Crippen LogP contribution in [0.4, 0.5) is 5.69 Å². The first-order valence-electron chi connectivity index (χ1n) is 4.79. The highest BCUT2D eigenvalue weighted by molar-refractivity contribution is 7.13. The zero-order chi connectivity index (χ0) is 10.4. The molecule has 0 aliphatic heterocycles. The Kier molecular flexibility index (Phi) is 1.76. The number of rotatable bonds is 2. The predicted molar refractivity (Wildman–Crippen MR) is 58.2 cm³/mol. The minimum absolute atomic E-state index is 0.157. The maximum atomic E-state index is 10.7. The van der Waals surface area contributed by atoms with Crippen LogP contribution in [0.3, 0.4) is 0 Å². The quantitative estimate of drug-likeness (QED) is 0.577.